The Morgan fingerprint density at radius 1 is 1.22 bits per heavy atom. The standard InChI is InChI=1S/C26H26BrClN4O4S/c1-4-5-6-9-12-37-26-29-24(35)22-18-10-7-8-11-21(18)31(15(2)33)25(32(22)30-26)19-13-17(28)14-20(27)23(19)36-16(3)34/h7-8,10-11,13-14,25H,4-6,9,12H2,1-3H3. The summed E-state index contributed by atoms with van der Waals surface area (Å²) in [5.41, 5.74) is 1.68. The van der Waals surface area contributed by atoms with Crippen LogP contribution in [-0.2, 0) is 9.59 Å². The zero-order chi connectivity index (χ0) is 26.7. The van der Waals surface area contributed by atoms with E-state index in [2.05, 4.69) is 27.8 Å². The second kappa shape index (κ2) is 11.8. The van der Waals surface area contributed by atoms with Crippen molar-refractivity contribution in [3.8, 4) is 22.9 Å². The number of halogens is 2. The summed E-state index contributed by atoms with van der Waals surface area (Å²) in [6.45, 7) is 4.87. The van der Waals surface area contributed by atoms with Gasteiger partial charge in [-0.25, -0.2) is 9.88 Å². The molecule has 1 amide bonds. The Hall–Kier alpha value is -2.69. The highest BCUT2D eigenvalue weighted by molar-refractivity contribution is 9.10. The molecule has 194 valence electrons. The number of hydrogen-bond donors (Lipinski definition) is 0. The SMILES string of the molecule is CCCCCCSc1nc([O-])c2[n+](n1)C(c1cc(Cl)cc(Br)c1OC(C)=O)N(C(C)=O)c1ccccc1-2. The number of ether oxygens (including phenoxy) is 1. The molecule has 1 atom stereocenters. The molecule has 3 aromatic rings. The number of fused-ring (bicyclic) bond motifs is 3. The van der Waals surface area contributed by atoms with Crippen LogP contribution in [0.25, 0.3) is 11.3 Å². The summed E-state index contributed by atoms with van der Waals surface area (Å²) in [7, 11) is 0. The van der Waals surface area contributed by atoms with Crippen molar-refractivity contribution in [1.29, 1.82) is 0 Å². The Bertz CT molecular complexity index is 1360. The van der Waals surface area contributed by atoms with E-state index in [1.54, 1.807) is 36.4 Å². The van der Waals surface area contributed by atoms with Crippen LogP contribution >= 0.6 is 39.3 Å². The molecule has 4 rings (SSSR count). The maximum atomic E-state index is 13.4. The van der Waals surface area contributed by atoms with Gasteiger partial charge in [-0.15, -0.1) is 0 Å². The molecule has 1 aliphatic heterocycles. The summed E-state index contributed by atoms with van der Waals surface area (Å²) in [4.78, 5) is 30.9. The number of rotatable bonds is 8. The third-order valence-electron chi connectivity index (χ3n) is 5.85. The van der Waals surface area contributed by atoms with Gasteiger partial charge in [0.05, 0.1) is 27.2 Å². The van der Waals surface area contributed by atoms with Crippen molar-refractivity contribution in [2.45, 2.75) is 57.8 Å². The van der Waals surface area contributed by atoms with Gasteiger partial charge in [-0.05, 0) is 46.6 Å². The number of amides is 1. The van der Waals surface area contributed by atoms with Crippen LogP contribution in [0.4, 0.5) is 5.69 Å². The number of unbranched alkanes of at least 4 members (excludes halogenated alkanes) is 3. The number of esters is 1. The van der Waals surface area contributed by atoms with Gasteiger partial charge in [0.25, 0.3) is 17.0 Å². The summed E-state index contributed by atoms with van der Waals surface area (Å²) in [6.07, 6.45) is 3.37. The minimum Gasteiger partial charge on any atom is -0.854 e. The Balaban J connectivity index is 1.95. The molecule has 0 saturated heterocycles. The molecule has 0 aliphatic carbocycles. The van der Waals surface area contributed by atoms with Gasteiger partial charge in [0.15, 0.2) is 5.75 Å². The van der Waals surface area contributed by atoms with Crippen LogP contribution < -0.4 is 19.4 Å². The fourth-order valence-electron chi connectivity index (χ4n) is 4.33. The minimum atomic E-state index is -0.957. The lowest BCUT2D eigenvalue weighted by Crippen LogP contribution is -2.59. The molecule has 1 aromatic heterocycles. The number of anilines is 1. The Morgan fingerprint density at radius 2 is 1.97 bits per heavy atom. The lowest BCUT2D eigenvalue weighted by Gasteiger charge is -2.33. The van der Waals surface area contributed by atoms with Crippen molar-refractivity contribution in [2.75, 3.05) is 10.7 Å². The maximum absolute atomic E-state index is 13.4. The van der Waals surface area contributed by atoms with Gasteiger partial charge in [0, 0.05) is 29.7 Å². The molecule has 0 bridgehead atoms. The van der Waals surface area contributed by atoms with Crippen molar-refractivity contribution in [3.63, 3.8) is 0 Å². The van der Waals surface area contributed by atoms with E-state index in [1.165, 1.54) is 35.2 Å². The first-order chi connectivity index (χ1) is 17.7. The average Bonchev–Trinajstić information content (AvgIpc) is 2.84. The van der Waals surface area contributed by atoms with Gasteiger partial charge >= 0.3 is 5.97 Å². The summed E-state index contributed by atoms with van der Waals surface area (Å²) in [5, 5.41) is 18.8. The van der Waals surface area contributed by atoms with Crippen LogP contribution in [0.5, 0.6) is 11.6 Å². The highest BCUT2D eigenvalue weighted by Crippen LogP contribution is 2.45. The van der Waals surface area contributed by atoms with Crippen molar-refractivity contribution in [2.24, 2.45) is 0 Å². The first kappa shape index (κ1) is 27.3. The number of carbonyl (C=O) groups excluding carboxylic acids is 2. The van der Waals surface area contributed by atoms with Crippen molar-refractivity contribution in [1.82, 2.24) is 10.1 Å². The molecule has 37 heavy (non-hydrogen) atoms. The predicted molar refractivity (Wildman–Crippen MR) is 144 cm³/mol. The predicted octanol–water partition coefficient (Wildman–Crippen LogP) is 5.43. The van der Waals surface area contributed by atoms with Gasteiger partial charge in [-0.2, -0.15) is 0 Å². The van der Waals surface area contributed by atoms with Crippen LogP contribution in [-0.4, -0.2) is 27.7 Å². The van der Waals surface area contributed by atoms with Gasteiger partial charge in [-0.1, -0.05) is 66.4 Å². The second-order valence-electron chi connectivity index (χ2n) is 8.58. The average molecular weight is 606 g/mol. The lowest BCUT2D eigenvalue weighted by molar-refractivity contribution is -0.764. The van der Waals surface area contributed by atoms with Crippen molar-refractivity contribution < 1.29 is 24.1 Å². The molecular weight excluding hydrogens is 580 g/mol. The van der Waals surface area contributed by atoms with E-state index >= 15 is 0 Å². The Kier molecular flexibility index (Phi) is 8.71. The molecule has 2 aromatic carbocycles. The maximum Gasteiger partial charge on any atom is 0.308 e. The molecule has 11 heteroatoms. The molecule has 0 fully saturated rings. The molecular formula is C26H26BrClN4O4S. The largest absolute Gasteiger partial charge is 0.854 e. The van der Waals surface area contributed by atoms with Crippen molar-refractivity contribution >= 4 is 56.9 Å². The number of thioether (sulfide) groups is 1. The molecule has 0 saturated carbocycles. The number of nitrogens with zero attached hydrogens (tertiary/aromatic N) is 4. The molecule has 0 radical (unpaired) electrons. The van der Waals surface area contributed by atoms with Crippen LogP contribution in [0.15, 0.2) is 46.0 Å². The number of aromatic nitrogens is 3. The quantitative estimate of drug-likeness (QED) is 0.111. The first-order valence-electron chi connectivity index (χ1n) is 11.9. The molecule has 0 N–H and O–H groups in total. The van der Waals surface area contributed by atoms with E-state index < -0.39 is 18.0 Å². The summed E-state index contributed by atoms with van der Waals surface area (Å²) in [5.74, 6) is -0.346. The number of benzene rings is 2. The fourth-order valence-corrected chi connectivity index (χ4v) is 6.07. The minimum absolute atomic E-state index is 0.186. The molecule has 1 aliphatic rings. The number of para-hydroxylation sites is 1. The first-order valence-corrected chi connectivity index (χ1v) is 14.1. The Morgan fingerprint density at radius 3 is 2.68 bits per heavy atom. The summed E-state index contributed by atoms with van der Waals surface area (Å²) < 4.78 is 7.48. The Labute approximate surface area is 233 Å². The summed E-state index contributed by atoms with van der Waals surface area (Å²) >= 11 is 11.3. The highest BCUT2D eigenvalue weighted by atomic mass is 79.9. The smallest absolute Gasteiger partial charge is 0.308 e. The van der Waals surface area contributed by atoms with Gasteiger partial charge in [-0.3, -0.25) is 9.59 Å². The van der Waals surface area contributed by atoms with E-state index in [0.717, 1.165) is 31.4 Å². The van der Waals surface area contributed by atoms with Gasteiger partial charge < -0.3 is 9.84 Å². The van der Waals surface area contributed by atoms with E-state index in [9.17, 15) is 14.7 Å². The van der Waals surface area contributed by atoms with Crippen LogP contribution in [0.1, 0.15) is 58.2 Å². The molecule has 2 heterocycles. The molecule has 1 unspecified atom stereocenters. The van der Waals surface area contributed by atoms with Crippen LogP contribution in [0.3, 0.4) is 0 Å². The normalized spacial score (nSPS) is 14.2. The molecule has 8 nitrogen and oxygen atoms in total. The third kappa shape index (κ3) is 5.76. The molecule has 0 spiro atoms. The van der Waals surface area contributed by atoms with Crippen molar-refractivity contribution in [3.05, 3.63) is 51.5 Å². The monoisotopic (exact) mass is 604 g/mol. The third-order valence-corrected chi connectivity index (χ3v) is 7.58. The highest BCUT2D eigenvalue weighted by Gasteiger charge is 2.45. The van der Waals surface area contributed by atoms with E-state index in [0.29, 0.717) is 31.5 Å². The fraction of sp³-hybridized carbons (Fsp3) is 0.346. The van der Waals surface area contributed by atoms with Crippen LogP contribution in [0, 0.1) is 0 Å². The zero-order valence-electron chi connectivity index (χ0n) is 20.7. The number of carbonyl (C=O) groups is 2. The van der Waals surface area contributed by atoms with Crippen LogP contribution in [0.2, 0.25) is 5.02 Å². The van der Waals surface area contributed by atoms with E-state index in [-0.39, 0.29) is 17.4 Å². The second-order valence-corrected chi connectivity index (χ2v) is 10.9. The topological polar surface area (TPSA) is 99.3 Å². The van der Waals surface area contributed by atoms with Gasteiger partial charge in [0.1, 0.15) is 0 Å². The van der Waals surface area contributed by atoms with E-state index in [1.807, 2.05) is 0 Å². The summed E-state index contributed by atoms with van der Waals surface area (Å²) in [6, 6.07) is 10.3. The van der Waals surface area contributed by atoms with E-state index in [4.69, 9.17) is 21.4 Å². The number of hydrogen-bond acceptors (Lipinski definition) is 7. The van der Waals surface area contributed by atoms with Gasteiger partial charge in [0.2, 0.25) is 5.91 Å². The lowest BCUT2D eigenvalue weighted by atomic mass is 10.0. The zero-order valence-corrected chi connectivity index (χ0v) is 23.8.